The second kappa shape index (κ2) is 9.20. The summed E-state index contributed by atoms with van der Waals surface area (Å²) in [7, 11) is -4.10. The average Bonchev–Trinajstić information content (AvgIpc) is 2.77. The molecule has 0 aliphatic heterocycles. The summed E-state index contributed by atoms with van der Waals surface area (Å²) in [5.74, 6) is -0.749. The fourth-order valence-electron chi connectivity index (χ4n) is 2.84. The van der Waals surface area contributed by atoms with Gasteiger partial charge in [-0.25, -0.2) is 13.9 Å². The number of anilines is 1. The fraction of sp³-hybridized carbons (Fsp3) is 0. The SMILES string of the molecule is O=C(C=C(c1ccccc1)c1cccc(NS(=O)(=O)c2cccc([N+](=O)[O-])c2)c1)NO. The summed E-state index contributed by atoms with van der Waals surface area (Å²) >= 11 is 0. The van der Waals surface area contributed by atoms with E-state index in [2.05, 4.69) is 4.72 Å². The van der Waals surface area contributed by atoms with Gasteiger partial charge in [0.15, 0.2) is 0 Å². The Hall–Kier alpha value is -4.02. The first-order valence-corrected chi connectivity index (χ1v) is 10.4. The molecule has 0 aliphatic carbocycles. The highest BCUT2D eigenvalue weighted by Gasteiger charge is 2.18. The van der Waals surface area contributed by atoms with Crippen molar-refractivity contribution in [3.05, 3.63) is 106 Å². The highest BCUT2D eigenvalue weighted by Crippen LogP contribution is 2.27. The number of hydrogen-bond donors (Lipinski definition) is 3. The van der Waals surface area contributed by atoms with E-state index >= 15 is 0 Å². The molecule has 3 N–H and O–H groups in total. The summed E-state index contributed by atoms with van der Waals surface area (Å²) in [6, 6.07) is 19.9. The number of hydrogen-bond acceptors (Lipinski definition) is 6. The van der Waals surface area contributed by atoms with Crippen molar-refractivity contribution in [2.45, 2.75) is 4.90 Å². The van der Waals surface area contributed by atoms with E-state index in [4.69, 9.17) is 5.21 Å². The number of nitro benzene ring substituents is 1. The minimum atomic E-state index is -4.10. The summed E-state index contributed by atoms with van der Waals surface area (Å²) in [5.41, 5.74) is 3.01. The lowest BCUT2D eigenvalue weighted by molar-refractivity contribution is -0.385. The van der Waals surface area contributed by atoms with Gasteiger partial charge in [-0.05, 0) is 34.9 Å². The zero-order chi connectivity index (χ0) is 22.4. The van der Waals surface area contributed by atoms with Crippen molar-refractivity contribution in [1.82, 2.24) is 5.48 Å². The molecule has 3 aromatic carbocycles. The van der Waals surface area contributed by atoms with Gasteiger partial charge in [-0.3, -0.25) is 24.8 Å². The second-order valence-corrected chi connectivity index (χ2v) is 8.02. The standard InChI is InChI=1S/C21H17N3O6S/c25-21(22-26)14-20(15-6-2-1-3-7-15)16-8-4-9-17(12-16)23-31(29,30)19-11-5-10-18(13-19)24(27)28/h1-14,23,26H,(H,22,25). The van der Waals surface area contributed by atoms with Crippen LogP contribution in [-0.2, 0) is 14.8 Å². The van der Waals surface area contributed by atoms with Crippen molar-refractivity contribution in [3.63, 3.8) is 0 Å². The van der Waals surface area contributed by atoms with Crippen LogP contribution in [0, 0.1) is 10.1 Å². The molecule has 0 atom stereocenters. The summed E-state index contributed by atoms with van der Waals surface area (Å²) in [6.45, 7) is 0. The molecule has 0 radical (unpaired) electrons. The molecule has 158 valence electrons. The lowest BCUT2D eigenvalue weighted by atomic mass is 9.97. The highest BCUT2D eigenvalue weighted by atomic mass is 32.2. The minimum absolute atomic E-state index is 0.190. The zero-order valence-corrected chi connectivity index (χ0v) is 16.7. The Morgan fingerprint density at radius 3 is 2.29 bits per heavy atom. The Balaban J connectivity index is 1.98. The van der Waals surface area contributed by atoms with Gasteiger partial charge in [0.25, 0.3) is 21.6 Å². The van der Waals surface area contributed by atoms with E-state index in [0.29, 0.717) is 16.7 Å². The molecule has 0 unspecified atom stereocenters. The van der Waals surface area contributed by atoms with Gasteiger partial charge in [-0.2, -0.15) is 0 Å². The molecule has 0 heterocycles. The number of amides is 1. The molecule has 31 heavy (non-hydrogen) atoms. The number of nitrogens with one attached hydrogen (secondary N) is 2. The smallest absolute Gasteiger partial charge is 0.270 e. The highest BCUT2D eigenvalue weighted by molar-refractivity contribution is 7.92. The predicted molar refractivity (Wildman–Crippen MR) is 114 cm³/mol. The molecular weight excluding hydrogens is 422 g/mol. The summed E-state index contributed by atoms with van der Waals surface area (Å²) in [5, 5.41) is 19.8. The molecule has 1 amide bonds. The average molecular weight is 439 g/mol. The lowest BCUT2D eigenvalue weighted by Crippen LogP contribution is -2.16. The van der Waals surface area contributed by atoms with Gasteiger partial charge in [-0.15, -0.1) is 0 Å². The van der Waals surface area contributed by atoms with E-state index in [0.717, 1.165) is 6.07 Å². The van der Waals surface area contributed by atoms with Gasteiger partial charge >= 0.3 is 0 Å². The van der Waals surface area contributed by atoms with Crippen LogP contribution in [-0.4, -0.2) is 24.5 Å². The third-order valence-corrected chi connectivity index (χ3v) is 5.61. The molecule has 10 heteroatoms. The first-order valence-electron chi connectivity index (χ1n) is 8.89. The van der Waals surface area contributed by atoms with Crippen molar-refractivity contribution in [1.29, 1.82) is 0 Å². The maximum Gasteiger partial charge on any atom is 0.270 e. The van der Waals surface area contributed by atoms with E-state index in [-0.39, 0.29) is 16.3 Å². The number of nitro groups is 1. The van der Waals surface area contributed by atoms with E-state index < -0.39 is 20.9 Å². The van der Waals surface area contributed by atoms with Gasteiger partial charge in [0.05, 0.1) is 9.82 Å². The first-order chi connectivity index (χ1) is 14.8. The topological polar surface area (TPSA) is 139 Å². The van der Waals surface area contributed by atoms with Crippen LogP contribution >= 0.6 is 0 Å². The van der Waals surface area contributed by atoms with E-state index in [9.17, 15) is 23.3 Å². The number of rotatable bonds is 7. The van der Waals surface area contributed by atoms with Crippen molar-refractivity contribution in [2.24, 2.45) is 0 Å². The van der Waals surface area contributed by atoms with Crippen LogP contribution < -0.4 is 10.2 Å². The van der Waals surface area contributed by atoms with Crippen molar-refractivity contribution >= 4 is 32.9 Å². The molecule has 0 saturated carbocycles. The third-order valence-electron chi connectivity index (χ3n) is 4.23. The van der Waals surface area contributed by atoms with Crippen LogP contribution in [0.15, 0.2) is 89.8 Å². The Morgan fingerprint density at radius 2 is 1.61 bits per heavy atom. The normalized spacial score (nSPS) is 11.6. The third kappa shape index (κ3) is 5.32. The molecule has 0 aliphatic rings. The molecule has 0 aromatic heterocycles. The second-order valence-electron chi connectivity index (χ2n) is 6.34. The lowest BCUT2D eigenvalue weighted by Gasteiger charge is -2.12. The molecular formula is C21H17N3O6S. The van der Waals surface area contributed by atoms with Gasteiger partial charge in [0.2, 0.25) is 0 Å². The van der Waals surface area contributed by atoms with E-state index in [1.54, 1.807) is 47.9 Å². The van der Waals surface area contributed by atoms with Crippen LogP contribution in [0.5, 0.6) is 0 Å². The van der Waals surface area contributed by atoms with Crippen LogP contribution in [0.4, 0.5) is 11.4 Å². The molecule has 3 rings (SSSR count). The van der Waals surface area contributed by atoms with Crippen LogP contribution in [0.25, 0.3) is 5.57 Å². The number of nitrogens with zero attached hydrogens (tertiary/aromatic N) is 1. The zero-order valence-electron chi connectivity index (χ0n) is 15.9. The first kappa shape index (κ1) is 21.7. The van der Waals surface area contributed by atoms with Gasteiger partial charge in [0.1, 0.15) is 0 Å². The number of hydroxylamine groups is 1. The summed E-state index contributed by atoms with van der Waals surface area (Å²) in [4.78, 5) is 21.8. The molecule has 0 fully saturated rings. The Morgan fingerprint density at radius 1 is 0.935 bits per heavy atom. The van der Waals surface area contributed by atoms with Crippen molar-refractivity contribution in [3.8, 4) is 0 Å². The van der Waals surface area contributed by atoms with Crippen LogP contribution in [0.3, 0.4) is 0 Å². The largest absolute Gasteiger partial charge is 0.288 e. The maximum atomic E-state index is 12.7. The molecule has 3 aromatic rings. The van der Waals surface area contributed by atoms with Crippen molar-refractivity contribution in [2.75, 3.05) is 4.72 Å². The number of carbonyl (C=O) groups is 1. The predicted octanol–water partition coefficient (Wildman–Crippen LogP) is 3.33. The number of benzene rings is 3. The fourth-order valence-corrected chi connectivity index (χ4v) is 3.93. The number of non-ortho nitro benzene ring substituents is 1. The van der Waals surface area contributed by atoms with Gasteiger partial charge < -0.3 is 0 Å². The Bertz CT molecular complexity index is 1260. The Labute approximate surface area is 177 Å². The Kier molecular flexibility index (Phi) is 6.43. The monoisotopic (exact) mass is 439 g/mol. The van der Waals surface area contributed by atoms with Gasteiger partial charge in [0, 0.05) is 23.9 Å². The van der Waals surface area contributed by atoms with Crippen molar-refractivity contribution < 1.29 is 23.3 Å². The summed E-state index contributed by atoms with van der Waals surface area (Å²) < 4.78 is 27.8. The number of carbonyl (C=O) groups excluding carboxylic acids is 1. The molecule has 9 nitrogen and oxygen atoms in total. The van der Waals surface area contributed by atoms with Gasteiger partial charge in [-0.1, -0.05) is 48.5 Å². The van der Waals surface area contributed by atoms with E-state index in [1.165, 1.54) is 36.4 Å². The van der Waals surface area contributed by atoms with E-state index in [1.807, 2.05) is 0 Å². The number of sulfonamides is 1. The quantitative estimate of drug-likeness (QED) is 0.223. The maximum absolute atomic E-state index is 12.7. The summed E-state index contributed by atoms with van der Waals surface area (Å²) in [6.07, 6.45) is 1.18. The minimum Gasteiger partial charge on any atom is -0.288 e. The molecule has 0 spiro atoms. The van der Waals surface area contributed by atoms with Crippen LogP contribution in [0.2, 0.25) is 0 Å². The van der Waals surface area contributed by atoms with Crippen LogP contribution in [0.1, 0.15) is 11.1 Å². The molecule has 0 saturated heterocycles. The molecule has 0 bridgehead atoms.